The molecule has 0 amide bonds. The Labute approximate surface area is 357 Å². The molecule has 0 fully saturated rings. The first kappa shape index (κ1) is 55.8. The third-order valence-corrected chi connectivity index (χ3v) is 10.4. The van der Waals surface area contributed by atoms with E-state index in [-0.39, 0.29) is 32.2 Å². The maximum Gasteiger partial charge on any atom is 0.361 e. The van der Waals surface area contributed by atoms with Gasteiger partial charge in [-0.25, -0.2) is 4.79 Å². The normalized spacial score (nSPS) is 13.1. The van der Waals surface area contributed by atoms with Crippen LogP contribution in [0.15, 0.2) is 24.3 Å². The van der Waals surface area contributed by atoms with Crippen molar-refractivity contribution in [3.8, 4) is 0 Å². The predicted molar refractivity (Wildman–Crippen MR) is 240 cm³/mol. The summed E-state index contributed by atoms with van der Waals surface area (Å²) in [6.07, 6.45) is 42.3. The van der Waals surface area contributed by atoms with Gasteiger partial charge in [0.2, 0.25) is 0 Å². The molecule has 0 aromatic heterocycles. The molecule has 0 rings (SSSR count). The first-order valence-electron chi connectivity index (χ1n) is 24.0. The van der Waals surface area contributed by atoms with Crippen LogP contribution in [0, 0.1) is 0 Å². The summed E-state index contributed by atoms with van der Waals surface area (Å²) in [4.78, 5) is 37.2. The highest BCUT2D eigenvalue weighted by Crippen LogP contribution is 2.14. The number of carboxylic acid groups (broad SMARTS) is 1. The van der Waals surface area contributed by atoms with E-state index in [0.717, 1.165) is 64.2 Å². The van der Waals surface area contributed by atoms with Gasteiger partial charge < -0.3 is 28.5 Å². The summed E-state index contributed by atoms with van der Waals surface area (Å²) in [6.45, 7) is 4.86. The van der Waals surface area contributed by atoms with Crippen molar-refractivity contribution in [3.63, 3.8) is 0 Å². The van der Waals surface area contributed by atoms with Crippen LogP contribution in [0.2, 0.25) is 0 Å². The SMILES string of the molecule is CCCCCCCC/C=C\CCCCCCCC(=O)OCC(COC(OCC[N+](C)(C)C)C(=O)O)OC(=O)CCCCCCCCC/C=C\CCCCCCCCC. The Bertz CT molecular complexity index is 1010. The fraction of sp³-hybridized carbons (Fsp3) is 0.857. The average Bonchev–Trinajstić information content (AvgIpc) is 3.18. The van der Waals surface area contributed by atoms with E-state index in [1.807, 2.05) is 21.1 Å². The van der Waals surface area contributed by atoms with Gasteiger partial charge in [0.25, 0.3) is 6.29 Å². The molecule has 0 saturated carbocycles. The number of allylic oxidation sites excluding steroid dienone is 4. The molecule has 0 aliphatic carbocycles. The van der Waals surface area contributed by atoms with Crippen LogP contribution in [0.4, 0.5) is 0 Å². The van der Waals surface area contributed by atoms with Crippen molar-refractivity contribution in [2.45, 2.75) is 225 Å². The summed E-state index contributed by atoms with van der Waals surface area (Å²) in [5.74, 6) is -2.02. The zero-order chi connectivity index (χ0) is 42.8. The minimum absolute atomic E-state index is 0.185. The quantitative estimate of drug-likeness (QED) is 0.0213. The zero-order valence-corrected chi connectivity index (χ0v) is 38.5. The molecule has 0 aliphatic heterocycles. The summed E-state index contributed by atoms with van der Waals surface area (Å²) in [5, 5.41) is 9.64. The van der Waals surface area contributed by atoms with Gasteiger partial charge in [0, 0.05) is 12.8 Å². The van der Waals surface area contributed by atoms with Crippen molar-refractivity contribution < 1.29 is 42.9 Å². The molecule has 0 radical (unpaired) electrons. The van der Waals surface area contributed by atoms with Crippen LogP contribution in [0.25, 0.3) is 0 Å². The molecular formula is C49H92NO8+. The summed E-state index contributed by atoms with van der Waals surface area (Å²) >= 11 is 0. The number of carbonyl (C=O) groups excluding carboxylic acids is 2. The van der Waals surface area contributed by atoms with Gasteiger partial charge in [-0.3, -0.25) is 9.59 Å². The van der Waals surface area contributed by atoms with Crippen molar-refractivity contribution >= 4 is 17.9 Å². The highest BCUT2D eigenvalue weighted by atomic mass is 16.7. The van der Waals surface area contributed by atoms with Gasteiger partial charge >= 0.3 is 17.9 Å². The predicted octanol–water partition coefficient (Wildman–Crippen LogP) is 12.8. The Hall–Kier alpha value is -2.23. The zero-order valence-electron chi connectivity index (χ0n) is 38.5. The van der Waals surface area contributed by atoms with Gasteiger partial charge in [-0.1, -0.05) is 160 Å². The molecule has 0 aliphatic rings. The highest BCUT2D eigenvalue weighted by Gasteiger charge is 2.25. The molecule has 0 aromatic rings. The van der Waals surface area contributed by atoms with E-state index in [1.165, 1.54) is 122 Å². The lowest BCUT2D eigenvalue weighted by molar-refractivity contribution is -0.870. The minimum Gasteiger partial charge on any atom is -0.477 e. The molecule has 2 unspecified atom stereocenters. The number of nitrogens with zero attached hydrogens (tertiary/aromatic N) is 1. The molecular weight excluding hydrogens is 731 g/mol. The van der Waals surface area contributed by atoms with Crippen molar-refractivity contribution in [2.24, 2.45) is 0 Å². The van der Waals surface area contributed by atoms with E-state index in [2.05, 4.69) is 38.2 Å². The molecule has 0 bridgehead atoms. The maximum atomic E-state index is 12.8. The highest BCUT2D eigenvalue weighted by molar-refractivity contribution is 5.71. The summed E-state index contributed by atoms with van der Waals surface area (Å²) in [6, 6.07) is 0. The number of unbranched alkanes of at least 4 members (excludes halogenated alkanes) is 25. The smallest absolute Gasteiger partial charge is 0.361 e. The van der Waals surface area contributed by atoms with Gasteiger partial charge in [-0.15, -0.1) is 0 Å². The Morgan fingerprint density at radius 3 is 1.28 bits per heavy atom. The summed E-state index contributed by atoms with van der Waals surface area (Å²) in [7, 11) is 5.96. The van der Waals surface area contributed by atoms with Crippen molar-refractivity contribution in [2.75, 3.05) is 47.5 Å². The molecule has 2 atom stereocenters. The van der Waals surface area contributed by atoms with Gasteiger partial charge in [0.05, 0.1) is 34.4 Å². The molecule has 340 valence electrons. The first-order chi connectivity index (χ1) is 28.1. The number of quaternary nitrogens is 1. The van der Waals surface area contributed by atoms with Crippen LogP contribution in [0.5, 0.6) is 0 Å². The van der Waals surface area contributed by atoms with E-state index in [4.69, 9.17) is 18.9 Å². The third kappa shape index (κ3) is 41.9. The lowest BCUT2D eigenvalue weighted by Gasteiger charge is -2.25. The Morgan fingerprint density at radius 1 is 0.500 bits per heavy atom. The van der Waals surface area contributed by atoms with Crippen LogP contribution in [-0.4, -0.2) is 87.4 Å². The fourth-order valence-electron chi connectivity index (χ4n) is 6.65. The number of hydrogen-bond acceptors (Lipinski definition) is 7. The molecule has 0 heterocycles. The monoisotopic (exact) mass is 823 g/mol. The van der Waals surface area contributed by atoms with Crippen LogP contribution in [0.3, 0.4) is 0 Å². The molecule has 0 aromatic carbocycles. The van der Waals surface area contributed by atoms with Gasteiger partial charge in [0.15, 0.2) is 6.10 Å². The second-order valence-corrected chi connectivity index (χ2v) is 17.4. The van der Waals surface area contributed by atoms with Crippen LogP contribution < -0.4 is 0 Å². The molecule has 0 spiro atoms. The van der Waals surface area contributed by atoms with E-state index >= 15 is 0 Å². The number of likely N-dealkylation sites (N-methyl/N-ethyl adjacent to an activating group) is 1. The summed E-state index contributed by atoms with van der Waals surface area (Å²) in [5.41, 5.74) is 0. The molecule has 9 heteroatoms. The maximum absolute atomic E-state index is 12.8. The Kier molecular flexibility index (Phi) is 39.9. The number of hydrogen-bond donors (Lipinski definition) is 1. The van der Waals surface area contributed by atoms with Crippen LogP contribution in [0.1, 0.15) is 213 Å². The van der Waals surface area contributed by atoms with Crippen molar-refractivity contribution in [1.82, 2.24) is 0 Å². The first-order valence-corrected chi connectivity index (χ1v) is 24.0. The van der Waals surface area contributed by atoms with E-state index in [0.29, 0.717) is 17.4 Å². The van der Waals surface area contributed by atoms with E-state index < -0.39 is 24.3 Å². The number of carboxylic acids is 1. The number of esters is 2. The second-order valence-electron chi connectivity index (χ2n) is 17.4. The van der Waals surface area contributed by atoms with Crippen LogP contribution in [-0.2, 0) is 33.3 Å². The number of rotatable bonds is 44. The van der Waals surface area contributed by atoms with Gasteiger partial charge in [-0.2, -0.15) is 0 Å². The number of ether oxygens (including phenoxy) is 4. The van der Waals surface area contributed by atoms with E-state index in [1.54, 1.807) is 0 Å². The number of aliphatic carboxylic acids is 1. The third-order valence-electron chi connectivity index (χ3n) is 10.4. The largest absolute Gasteiger partial charge is 0.477 e. The van der Waals surface area contributed by atoms with Crippen molar-refractivity contribution in [3.05, 3.63) is 24.3 Å². The van der Waals surface area contributed by atoms with Gasteiger partial charge in [0.1, 0.15) is 13.2 Å². The molecule has 58 heavy (non-hydrogen) atoms. The second kappa shape index (κ2) is 41.5. The lowest BCUT2D eigenvalue weighted by atomic mass is 10.1. The standard InChI is InChI=1S/C49H91NO8/c1-6-8-10-12-14-16-18-20-22-23-24-26-28-30-32-34-36-38-40-47(52)58-45(44-57-49(48(53)54)55-42-41-50(3,4)5)43-56-46(51)39-37-35-33-31-29-27-25-21-19-17-15-13-11-9-7-2/h21-23,25,45,49H,6-20,24,26-44H2,1-5H3/p+1/b23-22-,25-21-. The lowest BCUT2D eigenvalue weighted by Crippen LogP contribution is -2.40. The topological polar surface area (TPSA) is 108 Å². The fourth-order valence-corrected chi connectivity index (χ4v) is 6.65. The summed E-state index contributed by atoms with van der Waals surface area (Å²) < 4.78 is 22.8. The molecule has 1 N–H and O–H groups in total. The average molecular weight is 823 g/mol. The molecule has 9 nitrogen and oxygen atoms in total. The molecule has 0 saturated heterocycles. The minimum atomic E-state index is -1.51. The van der Waals surface area contributed by atoms with Crippen LogP contribution >= 0.6 is 0 Å². The van der Waals surface area contributed by atoms with Crippen molar-refractivity contribution in [1.29, 1.82) is 0 Å². The number of carbonyl (C=O) groups is 3. The Morgan fingerprint density at radius 2 is 0.879 bits per heavy atom. The van der Waals surface area contributed by atoms with Gasteiger partial charge in [-0.05, 0) is 64.2 Å². The van der Waals surface area contributed by atoms with E-state index in [9.17, 15) is 19.5 Å². The Balaban J connectivity index is 4.40.